The highest BCUT2D eigenvalue weighted by atomic mass is 32.2. The molecule has 130 valence electrons. The van der Waals surface area contributed by atoms with Crippen LogP contribution < -0.4 is 10.0 Å². The quantitative estimate of drug-likeness (QED) is 0.781. The summed E-state index contributed by atoms with van der Waals surface area (Å²) in [4.78, 5) is 15.6. The Labute approximate surface area is 146 Å². The number of carbonyl (C=O) groups is 1. The van der Waals surface area contributed by atoms with E-state index in [-0.39, 0.29) is 16.8 Å². The zero-order chi connectivity index (χ0) is 17.7. The van der Waals surface area contributed by atoms with Crippen molar-refractivity contribution in [3.05, 3.63) is 52.2 Å². The molecule has 6 nitrogen and oxygen atoms in total. The fourth-order valence-corrected chi connectivity index (χ4v) is 3.87. The molecule has 0 aliphatic heterocycles. The van der Waals surface area contributed by atoms with E-state index in [9.17, 15) is 13.2 Å². The molecule has 24 heavy (non-hydrogen) atoms. The number of hydrogen-bond donors (Lipinski definition) is 2. The van der Waals surface area contributed by atoms with Crippen molar-refractivity contribution in [2.45, 2.75) is 10.9 Å². The Kier molecular flexibility index (Phi) is 6.11. The molecular formula is C16H21N3O3S2. The van der Waals surface area contributed by atoms with Crippen molar-refractivity contribution in [2.24, 2.45) is 0 Å². The van der Waals surface area contributed by atoms with Crippen LogP contribution in [0.5, 0.6) is 0 Å². The summed E-state index contributed by atoms with van der Waals surface area (Å²) in [7, 11) is 1.79. The van der Waals surface area contributed by atoms with Crippen LogP contribution in [0.2, 0.25) is 0 Å². The average molecular weight is 367 g/mol. The number of amides is 1. The lowest BCUT2D eigenvalue weighted by atomic mass is 10.2. The first-order valence-corrected chi connectivity index (χ1v) is 9.73. The lowest BCUT2D eigenvalue weighted by Crippen LogP contribution is -2.34. The van der Waals surface area contributed by atoms with Crippen molar-refractivity contribution >= 4 is 27.3 Å². The van der Waals surface area contributed by atoms with E-state index in [1.807, 2.05) is 31.6 Å². The van der Waals surface area contributed by atoms with Crippen molar-refractivity contribution in [3.8, 4) is 0 Å². The number of nitrogens with zero attached hydrogens (tertiary/aromatic N) is 1. The first-order valence-electron chi connectivity index (χ1n) is 7.37. The van der Waals surface area contributed by atoms with Gasteiger partial charge in [-0.1, -0.05) is 6.07 Å². The lowest BCUT2D eigenvalue weighted by molar-refractivity contribution is 0.0942. The van der Waals surface area contributed by atoms with Crippen molar-refractivity contribution in [1.29, 1.82) is 0 Å². The minimum absolute atomic E-state index is 0.0953. The van der Waals surface area contributed by atoms with Crippen LogP contribution in [0.1, 0.15) is 21.3 Å². The summed E-state index contributed by atoms with van der Waals surface area (Å²) in [5.41, 5.74) is 0.425. The molecule has 1 unspecified atom stereocenters. The summed E-state index contributed by atoms with van der Waals surface area (Å²) in [5, 5.41) is 4.91. The van der Waals surface area contributed by atoms with E-state index >= 15 is 0 Å². The molecule has 2 N–H and O–H groups in total. The molecule has 8 heteroatoms. The third-order valence-electron chi connectivity index (χ3n) is 3.65. The van der Waals surface area contributed by atoms with Crippen LogP contribution >= 0.6 is 11.3 Å². The number of thiophene rings is 1. The molecule has 1 aromatic heterocycles. The number of hydrogen-bond acceptors (Lipinski definition) is 5. The van der Waals surface area contributed by atoms with Gasteiger partial charge in [0.1, 0.15) is 0 Å². The van der Waals surface area contributed by atoms with Gasteiger partial charge >= 0.3 is 0 Å². The molecule has 1 atom stereocenters. The van der Waals surface area contributed by atoms with Crippen LogP contribution in [-0.4, -0.2) is 46.9 Å². The molecule has 0 aliphatic rings. The van der Waals surface area contributed by atoms with Gasteiger partial charge in [-0.15, -0.1) is 11.3 Å². The van der Waals surface area contributed by atoms with Gasteiger partial charge < -0.3 is 10.2 Å². The number of rotatable bonds is 7. The molecule has 1 aromatic carbocycles. The third kappa shape index (κ3) is 4.41. The van der Waals surface area contributed by atoms with Gasteiger partial charge in [0.15, 0.2) is 0 Å². The highest BCUT2D eigenvalue weighted by Gasteiger charge is 2.17. The van der Waals surface area contributed by atoms with E-state index in [0.717, 1.165) is 0 Å². The summed E-state index contributed by atoms with van der Waals surface area (Å²) in [5.74, 6) is -0.230. The zero-order valence-corrected chi connectivity index (χ0v) is 15.4. The molecule has 0 fully saturated rings. The molecule has 0 radical (unpaired) electrons. The topological polar surface area (TPSA) is 78.5 Å². The molecule has 2 rings (SSSR count). The number of nitrogens with one attached hydrogen (secondary N) is 2. The smallest absolute Gasteiger partial charge is 0.251 e. The molecule has 2 aromatic rings. The molecule has 1 heterocycles. The Morgan fingerprint density at radius 2 is 1.88 bits per heavy atom. The Balaban J connectivity index is 2.04. The van der Waals surface area contributed by atoms with Crippen molar-refractivity contribution in [2.75, 3.05) is 27.7 Å². The van der Waals surface area contributed by atoms with Gasteiger partial charge in [0, 0.05) is 17.0 Å². The molecule has 1 amide bonds. The fraction of sp³-hybridized carbons (Fsp3) is 0.312. The minimum atomic E-state index is -3.49. The third-order valence-corrected chi connectivity index (χ3v) is 6.05. The maximum Gasteiger partial charge on any atom is 0.251 e. The summed E-state index contributed by atoms with van der Waals surface area (Å²) >= 11 is 1.65. The molecule has 0 aliphatic carbocycles. The number of likely N-dealkylation sites (N-methyl/N-ethyl adjacent to an activating group) is 1. The van der Waals surface area contributed by atoms with Crippen LogP contribution in [0.3, 0.4) is 0 Å². The maximum atomic E-state index is 12.3. The Morgan fingerprint density at radius 1 is 1.21 bits per heavy atom. The van der Waals surface area contributed by atoms with Gasteiger partial charge in [-0.05, 0) is 56.9 Å². The van der Waals surface area contributed by atoms with Gasteiger partial charge in [0.2, 0.25) is 10.0 Å². The predicted octanol–water partition coefficient (Wildman–Crippen LogP) is 1.69. The lowest BCUT2D eigenvalue weighted by Gasteiger charge is -2.23. The summed E-state index contributed by atoms with van der Waals surface area (Å²) in [6.45, 7) is 0.475. The second kappa shape index (κ2) is 7.89. The first-order chi connectivity index (χ1) is 11.3. The maximum absolute atomic E-state index is 12.3. The molecule has 0 saturated heterocycles. The SMILES string of the molecule is CNS(=O)(=O)c1ccc(C(=O)NCC(c2cccs2)N(C)C)cc1. The fourth-order valence-electron chi connectivity index (χ4n) is 2.21. The summed E-state index contributed by atoms with van der Waals surface area (Å²) < 4.78 is 25.6. The van der Waals surface area contributed by atoms with E-state index in [1.165, 1.54) is 36.2 Å². The van der Waals surface area contributed by atoms with Crippen LogP contribution in [0.4, 0.5) is 0 Å². The van der Waals surface area contributed by atoms with Crippen LogP contribution in [0.15, 0.2) is 46.7 Å². The van der Waals surface area contributed by atoms with E-state index in [1.54, 1.807) is 11.3 Å². The van der Waals surface area contributed by atoms with Crippen LogP contribution in [-0.2, 0) is 10.0 Å². The highest BCUT2D eigenvalue weighted by Crippen LogP contribution is 2.22. The summed E-state index contributed by atoms with van der Waals surface area (Å²) in [6.07, 6.45) is 0. The van der Waals surface area contributed by atoms with Crippen LogP contribution in [0.25, 0.3) is 0 Å². The monoisotopic (exact) mass is 367 g/mol. The summed E-state index contributed by atoms with van der Waals surface area (Å²) in [6, 6.07) is 9.98. The average Bonchev–Trinajstić information content (AvgIpc) is 3.09. The van der Waals surface area contributed by atoms with E-state index in [2.05, 4.69) is 14.9 Å². The van der Waals surface area contributed by atoms with Gasteiger partial charge in [0.05, 0.1) is 10.9 Å². The van der Waals surface area contributed by atoms with E-state index in [4.69, 9.17) is 0 Å². The van der Waals surface area contributed by atoms with Gasteiger partial charge in [-0.25, -0.2) is 13.1 Å². The molecule has 0 bridgehead atoms. The van der Waals surface area contributed by atoms with Gasteiger partial charge in [-0.3, -0.25) is 4.79 Å². The Hall–Kier alpha value is -1.74. The predicted molar refractivity (Wildman–Crippen MR) is 95.8 cm³/mol. The molecule has 0 spiro atoms. The second-order valence-electron chi connectivity index (χ2n) is 5.44. The van der Waals surface area contributed by atoms with Crippen LogP contribution in [0, 0.1) is 0 Å². The van der Waals surface area contributed by atoms with E-state index in [0.29, 0.717) is 12.1 Å². The zero-order valence-electron chi connectivity index (χ0n) is 13.8. The minimum Gasteiger partial charge on any atom is -0.350 e. The number of sulfonamides is 1. The molecule has 0 saturated carbocycles. The normalized spacial score (nSPS) is 13.0. The number of carbonyl (C=O) groups excluding carboxylic acids is 1. The van der Waals surface area contributed by atoms with Gasteiger partial charge in [-0.2, -0.15) is 0 Å². The molecular weight excluding hydrogens is 346 g/mol. The number of benzene rings is 1. The highest BCUT2D eigenvalue weighted by molar-refractivity contribution is 7.89. The van der Waals surface area contributed by atoms with Crippen molar-refractivity contribution in [3.63, 3.8) is 0 Å². The van der Waals surface area contributed by atoms with E-state index < -0.39 is 10.0 Å². The van der Waals surface area contributed by atoms with Crippen molar-refractivity contribution in [1.82, 2.24) is 14.9 Å². The largest absolute Gasteiger partial charge is 0.350 e. The Morgan fingerprint density at radius 3 is 2.38 bits per heavy atom. The standard InChI is InChI=1S/C16H21N3O3S2/c1-17-24(21,22)13-8-6-12(7-9-13)16(20)18-11-14(19(2)3)15-5-4-10-23-15/h4-10,14,17H,11H2,1-3H3,(H,18,20). The second-order valence-corrected chi connectivity index (χ2v) is 8.30. The van der Waals surface area contributed by atoms with Crippen molar-refractivity contribution < 1.29 is 13.2 Å². The first kappa shape index (κ1) is 18.6. The Bertz CT molecular complexity index is 769. The van der Waals surface area contributed by atoms with Gasteiger partial charge in [0.25, 0.3) is 5.91 Å².